The van der Waals surface area contributed by atoms with Crippen molar-refractivity contribution in [1.82, 2.24) is 9.71 Å². The molecule has 0 amide bonds. The van der Waals surface area contributed by atoms with Gasteiger partial charge in [-0.25, -0.2) is 4.98 Å². The van der Waals surface area contributed by atoms with Gasteiger partial charge in [0.1, 0.15) is 5.82 Å². The highest BCUT2D eigenvalue weighted by atomic mass is 32.2. The first-order chi connectivity index (χ1) is 11.9. The Morgan fingerprint density at radius 1 is 1.04 bits per heavy atom. The summed E-state index contributed by atoms with van der Waals surface area (Å²) >= 11 is 1.69. The van der Waals surface area contributed by atoms with E-state index in [1.807, 2.05) is 0 Å². The molecule has 2 N–H and O–H groups in total. The van der Waals surface area contributed by atoms with E-state index in [1.54, 1.807) is 11.9 Å². The molecule has 1 aromatic heterocycles. The summed E-state index contributed by atoms with van der Waals surface area (Å²) in [5.74, 6) is 1.08. The number of nitrogens with one attached hydrogen (secondary N) is 2. The summed E-state index contributed by atoms with van der Waals surface area (Å²) in [6, 6.07) is 19.4. The molecule has 0 radical (unpaired) electrons. The molecule has 0 atom stereocenters. The van der Waals surface area contributed by atoms with E-state index in [4.69, 9.17) is 4.98 Å². The number of benzene rings is 2. The maximum atomic E-state index is 4.74. The van der Waals surface area contributed by atoms with Crippen LogP contribution < -0.4 is 10.0 Å². The molecule has 3 aromatic rings. The smallest absolute Gasteiger partial charge is 0.129 e. The van der Waals surface area contributed by atoms with Crippen molar-refractivity contribution in [3.8, 4) is 0 Å². The van der Waals surface area contributed by atoms with Crippen molar-refractivity contribution in [3.05, 3.63) is 65.9 Å². The topological polar surface area (TPSA) is 37.0 Å². The fourth-order valence-corrected chi connectivity index (χ4v) is 3.75. The molecule has 0 saturated heterocycles. The molecule has 0 aliphatic carbocycles. The van der Waals surface area contributed by atoms with Crippen LogP contribution in [0.3, 0.4) is 0 Å². The maximum Gasteiger partial charge on any atom is 0.129 e. The van der Waals surface area contributed by atoms with Gasteiger partial charge in [0.25, 0.3) is 0 Å². The van der Waals surface area contributed by atoms with E-state index in [0.717, 1.165) is 37.4 Å². The van der Waals surface area contributed by atoms with Crippen molar-refractivity contribution in [3.63, 3.8) is 0 Å². The normalized spacial score (nSPS) is 13.5. The van der Waals surface area contributed by atoms with Crippen LogP contribution in [0.4, 0.5) is 5.82 Å². The molecule has 0 fully saturated rings. The van der Waals surface area contributed by atoms with Gasteiger partial charge in [-0.3, -0.25) is 4.72 Å². The second-order valence-corrected chi connectivity index (χ2v) is 7.06. The van der Waals surface area contributed by atoms with Gasteiger partial charge in [-0.1, -0.05) is 36.4 Å². The van der Waals surface area contributed by atoms with E-state index in [1.165, 1.54) is 27.7 Å². The second kappa shape index (κ2) is 7.24. The molecule has 122 valence electrons. The molecule has 3 nitrogen and oxygen atoms in total. The minimum atomic E-state index is 0.906. The lowest BCUT2D eigenvalue weighted by atomic mass is 10.1. The Bertz CT molecular complexity index is 847. The number of aromatic nitrogens is 1. The van der Waals surface area contributed by atoms with Gasteiger partial charge in [0.2, 0.25) is 0 Å². The number of anilines is 1. The Balaban J connectivity index is 1.32. The Hall–Kier alpha value is -2.04. The first-order valence-corrected chi connectivity index (χ1v) is 9.31. The van der Waals surface area contributed by atoms with Crippen LogP contribution in [0.2, 0.25) is 0 Å². The molecular formula is C20H21N3S. The summed E-state index contributed by atoms with van der Waals surface area (Å²) in [4.78, 5) is 5.98. The summed E-state index contributed by atoms with van der Waals surface area (Å²) in [7, 11) is 0. The highest BCUT2D eigenvalue weighted by Gasteiger charge is 2.10. The van der Waals surface area contributed by atoms with Crippen molar-refractivity contribution >= 4 is 28.5 Å². The lowest BCUT2D eigenvalue weighted by Gasteiger charge is -2.17. The average molecular weight is 335 g/mol. The van der Waals surface area contributed by atoms with E-state index in [-0.39, 0.29) is 0 Å². The van der Waals surface area contributed by atoms with Gasteiger partial charge < -0.3 is 5.32 Å². The fourth-order valence-electron chi connectivity index (χ4n) is 3.05. The zero-order valence-corrected chi connectivity index (χ0v) is 14.4. The SMILES string of the molecule is c1ccc2cc(SNCCc3ccc4c(n3)NCCC4)ccc2c1. The number of hydrogen-bond donors (Lipinski definition) is 2. The van der Waals surface area contributed by atoms with Crippen LogP contribution in [-0.2, 0) is 12.8 Å². The highest BCUT2D eigenvalue weighted by molar-refractivity contribution is 7.97. The van der Waals surface area contributed by atoms with Crippen LogP contribution in [0.5, 0.6) is 0 Å². The van der Waals surface area contributed by atoms with Crippen molar-refractivity contribution in [2.75, 3.05) is 18.4 Å². The number of rotatable bonds is 5. The molecule has 2 heterocycles. The molecule has 4 heteroatoms. The molecule has 4 rings (SSSR count). The highest BCUT2D eigenvalue weighted by Crippen LogP contribution is 2.22. The van der Waals surface area contributed by atoms with Crippen LogP contribution in [-0.4, -0.2) is 18.1 Å². The van der Waals surface area contributed by atoms with E-state index in [0.29, 0.717) is 0 Å². The summed E-state index contributed by atoms with van der Waals surface area (Å²) in [6.45, 7) is 1.95. The van der Waals surface area contributed by atoms with Gasteiger partial charge >= 0.3 is 0 Å². The van der Waals surface area contributed by atoms with Crippen LogP contribution in [0.15, 0.2) is 59.5 Å². The number of nitrogens with zero attached hydrogens (tertiary/aromatic N) is 1. The summed E-state index contributed by atoms with van der Waals surface area (Å²) in [6.07, 6.45) is 3.29. The van der Waals surface area contributed by atoms with Gasteiger partial charge in [0.15, 0.2) is 0 Å². The average Bonchev–Trinajstić information content (AvgIpc) is 2.65. The van der Waals surface area contributed by atoms with Crippen molar-refractivity contribution < 1.29 is 0 Å². The number of fused-ring (bicyclic) bond motifs is 2. The number of aryl methyl sites for hydroxylation is 1. The van der Waals surface area contributed by atoms with Gasteiger partial charge in [0.05, 0.1) is 0 Å². The monoisotopic (exact) mass is 335 g/mol. The third-order valence-electron chi connectivity index (χ3n) is 4.35. The van der Waals surface area contributed by atoms with Crippen LogP contribution in [0, 0.1) is 0 Å². The number of hydrogen-bond acceptors (Lipinski definition) is 4. The van der Waals surface area contributed by atoms with Crippen LogP contribution in [0.25, 0.3) is 10.8 Å². The molecule has 0 unspecified atom stereocenters. The summed E-state index contributed by atoms with van der Waals surface area (Å²) < 4.78 is 3.45. The molecule has 0 spiro atoms. The summed E-state index contributed by atoms with van der Waals surface area (Å²) in [5.41, 5.74) is 2.50. The third-order valence-corrected chi connectivity index (χ3v) is 5.18. The van der Waals surface area contributed by atoms with Crippen molar-refractivity contribution in [2.45, 2.75) is 24.2 Å². The van der Waals surface area contributed by atoms with Crippen molar-refractivity contribution in [2.24, 2.45) is 0 Å². The molecule has 2 aromatic carbocycles. The van der Waals surface area contributed by atoms with Crippen molar-refractivity contribution in [1.29, 1.82) is 0 Å². The van der Waals surface area contributed by atoms with E-state index in [2.05, 4.69) is 64.6 Å². The summed E-state index contributed by atoms with van der Waals surface area (Å²) in [5, 5.41) is 5.97. The molecule has 24 heavy (non-hydrogen) atoms. The Morgan fingerprint density at radius 3 is 2.92 bits per heavy atom. The van der Waals surface area contributed by atoms with E-state index >= 15 is 0 Å². The van der Waals surface area contributed by atoms with Crippen LogP contribution in [0.1, 0.15) is 17.7 Å². The van der Waals surface area contributed by atoms with Gasteiger partial charge in [-0.05, 0) is 59.3 Å². The largest absolute Gasteiger partial charge is 0.370 e. The zero-order chi connectivity index (χ0) is 16.2. The first kappa shape index (κ1) is 15.5. The van der Waals surface area contributed by atoms with Crippen LogP contribution >= 0.6 is 11.9 Å². The number of pyridine rings is 1. The Labute approximate surface area is 147 Å². The van der Waals surface area contributed by atoms with Gasteiger partial charge in [0, 0.05) is 30.1 Å². The molecular weight excluding hydrogens is 314 g/mol. The minimum Gasteiger partial charge on any atom is -0.370 e. The molecule has 1 aliphatic heterocycles. The molecule has 0 saturated carbocycles. The predicted octanol–water partition coefficient (Wildman–Crippen LogP) is 4.43. The first-order valence-electron chi connectivity index (χ1n) is 8.50. The lowest BCUT2D eigenvalue weighted by molar-refractivity contribution is 0.803. The Morgan fingerprint density at radius 2 is 1.96 bits per heavy atom. The lowest BCUT2D eigenvalue weighted by Crippen LogP contribution is -2.15. The quantitative estimate of drug-likeness (QED) is 0.534. The van der Waals surface area contributed by atoms with E-state index < -0.39 is 0 Å². The maximum absolute atomic E-state index is 4.74. The fraction of sp³-hybridized carbons (Fsp3) is 0.250. The third kappa shape index (κ3) is 3.55. The van der Waals surface area contributed by atoms with E-state index in [9.17, 15) is 0 Å². The standard InChI is InChI=1S/C20H21N3S/c1-2-5-17-14-19(10-8-15(17)4-1)24-22-13-11-18-9-7-16-6-3-12-21-20(16)23-18/h1-2,4-5,7-10,14,22H,3,6,11-13H2,(H,21,23). The predicted molar refractivity (Wildman–Crippen MR) is 103 cm³/mol. The minimum absolute atomic E-state index is 0.906. The molecule has 0 bridgehead atoms. The second-order valence-electron chi connectivity index (χ2n) is 6.10. The zero-order valence-electron chi connectivity index (χ0n) is 13.6. The Kier molecular flexibility index (Phi) is 4.67. The van der Waals surface area contributed by atoms with Gasteiger partial charge in [-0.2, -0.15) is 0 Å². The molecule has 1 aliphatic rings. The van der Waals surface area contributed by atoms with Gasteiger partial charge in [-0.15, -0.1) is 0 Å².